The molecule has 0 aromatic carbocycles. The molecule has 0 aliphatic rings. The Kier molecular flexibility index (Phi) is 5.31. The van der Waals surface area contributed by atoms with Gasteiger partial charge in [-0.15, -0.1) is 0 Å². The molecular weight excluding hydrogens is 310 g/mol. The van der Waals surface area contributed by atoms with Gasteiger partial charge in [-0.05, 0) is 35.2 Å². The first kappa shape index (κ1) is 17.4. The maximum absolute atomic E-state index is 4.65. The van der Waals surface area contributed by atoms with Gasteiger partial charge in [-0.3, -0.25) is 14.3 Å². The van der Waals surface area contributed by atoms with Gasteiger partial charge in [0.2, 0.25) is 0 Å². The lowest BCUT2D eigenvalue weighted by molar-refractivity contribution is 0.528. The van der Waals surface area contributed by atoms with Crippen LogP contribution in [0.2, 0.25) is 0 Å². The molecule has 0 saturated carbocycles. The van der Waals surface area contributed by atoms with Crippen molar-refractivity contribution in [1.29, 1.82) is 0 Å². The smallest absolute Gasteiger partial charge is 0.0649 e. The van der Waals surface area contributed by atoms with Crippen LogP contribution in [-0.4, -0.2) is 24.5 Å². The number of pyridine rings is 1. The van der Waals surface area contributed by atoms with Gasteiger partial charge in [0, 0.05) is 49.7 Å². The van der Waals surface area contributed by atoms with E-state index in [1.807, 2.05) is 28.0 Å². The fourth-order valence-electron chi connectivity index (χ4n) is 2.98. The molecule has 0 radical (unpaired) electrons. The van der Waals surface area contributed by atoms with E-state index in [1.54, 1.807) is 0 Å². The third kappa shape index (κ3) is 4.35. The lowest BCUT2D eigenvalue weighted by Crippen LogP contribution is -2.08. The number of hydrogen-bond donors (Lipinski definition) is 0. The summed E-state index contributed by atoms with van der Waals surface area (Å²) in [5, 5.41) is 9.20. The van der Waals surface area contributed by atoms with Crippen LogP contribution in [0.15, 0.2) is 49.2 Å². The second-order valence-electron chi connectivity index (χ2n) is 7.20. The normalized spacial score (nSPS) is 14.0. The second-order valence-corrected chi connectivity index (χ2v) is 7.20. The van der Waals surface area contributed by atoms with E-state index in [0.29, 0.717) is 17.8 Å². The first-order valence-corrected chi connectivity index (χ1v) is 8.98. The summed E-state index contributed by atoms with van der Waals surface area (Å²) in [6.07, 6.45) is 9.91. The zero-order chi connectivity index (χ0) is 17.8. The van der Waals surface area contributed by atoms with E-state index in [2.05, 4.69) is 73.5 Å². The standard InChI is InChI=1S/C20H27N5/c1-15(2)20-7-10-24(23-20)12-17(4)19-11-22-25(14-19)13-16(3)18-5-8-21-9-6-18/h5-11,14-17H,12-13H2,1-4H3. The van der Waals surface area contributed by atoms with Crippen molar-refractivity contribution in [2.75, 3.05) is 0 Å². The topological polar surface area (TPSA) is 48.5 Å². The average Bonchev–Trinajstić information content (AvgIpc) is 3.25. The molecule has 5 heteroatoms. The molecule has 0 bridgehead atoms. The number of hydrogen-bond acceptors (Lipinski definition) is 3. The van der Waals surface area contributed by atoms with Gasteiger partial charge >= 0.3 is 0 Å². The van der Waals surface area contributed by atoms with E-state index in [-0.39, 0.29) is 0 Å². The average molecular weight is 337 g/mol. The van der Waals surface area contributed by atoms with Crippen molar-refractivity contribution >= 4 is 0 Å². The Morgan fingerprint density at radius 2 is 1.56 bits per heavy atom. The van der Waals surface area contributed by atoms with Crippen LogP contribution in [0.1, 0.15) is 62.3 Å². The Morgan fingerprint density at radius 3 is 2.24 bits per heavy atom. The maximum atomic E-state index is 4.65. The van der Waals surface area contributed by atoms with Gasteiger partial charge in [0.15, 0.2) is 0 Å². The minimum absolute atomic E-state index is 0.380. The Hall–Kier alpha value is -2.43. The van der Waals surface area contributed by atoms with Crippen molar-refractivity contribution < 1.29 is 0 Å². The quantitative estimate of drug-likeness (QED) is 0.649. The molecule has 0 amide bonds. The minimum atomic E-state index is 0.380. The molecule has 0 saturated heterocycles. The van der Waals surface area contributed by atoms with Crippen molar-refractivity contribution in [2.24, 2.45) is 0 Å². The molecule has 3 aromatic rings. The third-order valence-electron chi connectivity index (χ3n) is 4.67. The zero-order valence-electron chi connectivity index (χ0n) is 15.5. The molecule has 0 N–H and O–H groups in total. The molecule has 25 heavy (non-hydrogen) atoms. The van der Waals surface area contributed by atoms with Gasteiger partial charge < -0.3 is 0 Å². The van der Waals surface area contributed by atoms with Gasteiger partial charge in [-0.2, -0.15) is 10.2 Å². The molecular formula is C20H27N5. The third-order valence-corrected chi connectivity index (χ3v) is 4.67. The van der Waals surface area contributed by atoms with Crippen LogP contribution in [0.4, 0.5) is 0 Å². The summed E-state index contributed by atoms with van der Waals surface area (Å²) < 4.78 is 4.08. The van der Waals surface area contributed by atoms with Crippen LogP contribution >= 0.6 is 0 Å². The summed E-state index contributed by atoms with van der Waals surface area (Å²) in [6, 6.07) is 6.25. The summed E-state index contributed by atoms with van der Waals surface area (Å²) in [5.41, 5.74) is 3.69. The first-order chi connectivity index (χ1) is 12.0. The van der Waals surface area contributed by atoms with Crippen molar-refractivity contribution in [1.82, 2.24) is 24.5 Å². The van der Waals surface area contributed by atoms with Crippen LogP contribution in [0.25, 0.3) is 0 Å². The Labute approximate surface area is 149 Å². The summed E-state index contributed by atoms with van der Waals surface area (Å²) in [5.74, 6) is 1.25. The van der Waals surface area contributed by atoms with E-state index in [1.165, 1.54) is 11.1 Å². The first-order valence-electron chi connectivity index (χ1n) is 8.98. The van der Waals surface area contributed by atoms with Gasteiger partial charge in [-0.25, -0.2) is 0 Å². The molecule has 0 spiro atoms. The Balaban J connectivity index is 1.62. The van der Waals surface area contributed by atoms with Crippen LogP contribution in [-0.2, 0) is 13.1 Å². The van der Waals surface area contributed by atoms with Crippen LogP contribution in [0, 0.1) is 0 Å². The lowest BCUT2D eigenvalue weighted by Gasteiger charge is -2.12. The monoisotopic (exact) mass is 337 g/mol. The van der Waals surface area contributed by atoms with Crippen LogP contribution in [0.3, 0.4) is 0 Å². The van der Waals surface area contributed by atoms with Gasteiger partial charge in [0.1, 0.15) is 0 Å². The predicted molar refractivity (Wildman–Crippen MR) is 99.6 cm³/mol. The number of rotatable bonds is 7. The predicted octanol–water partition coefficient (Wildman–Crippen LogP) is 4.21. The fourth-order valence-corrected chi connectivity index (χ4v) is 2.98. The van der Waals surface area contributed by atoms with E-state index < -0.39 is 0 Å². The van der Waals surface area contributed by atoms with Gasteiger partial charge in [-0.1, -0.05) is 27.7 Å². The Morgan fingerprint density at radius 1 is 0.880 bits per heavy atom. The van der Waals surface area contributed by atoms with E-state index >= 15 is 0 Å². The summed E-state index contributed by atoms with van der Waals surface area (Å²) in [7, 11) is 0. The summed E-state index contributed by atoms with van der Waals surface area (Å²) in [4.78, 5) is 4.08. The largest absolute Gasteiger partial charge is 0.272 e. The van der Waals surface area contributed by atoms with Crippen molar-refractivity contribution in [3.05, 3.63) is 66.0 Å². The highest BCUT2D eigenvalue weighted by molar-refractivity contribution is 5.15. The molecule has 2 atom stereocenters. The molecule has 132 valence electrons. The van der Waals surface area contributed by atoms with E-state index in [0.717, 1.165) is 18.8 Å². The number of aromatic nitrogens is 5. The molecule has 3 heterocycles. The highest BCUT2D eigenvalue weighted by Crippen LogP contribution is 2.20. The SMILES string of the molecule is CC(C)c1ccn(CC(C)c2cnn(CC(C)c3ccncc3)c2)n1. The maximum Gasteiger partial charge on any atom is 0.0649 e. The zero-order valence-corrected chi connectivity index (χ0v) is 15.5. The summed E-state index contributed by atoms with van der Waals surface area (Å²) in [6.45, 7) is 10.5. The van der Waals surface area contributed by atoms with Crippen molar-refractivity contribution in [3.8, 4) is 0 Å². The van der Waals surface area contributed by atoms with Crippen LogP contribution < -0.4 is 0 Å². The van der Waals surface area contributed by atoms with Crippen molar-refractivity contribution in [3.63, 3.8) is 0 Å². The van der Waals surface area contributed by atoms with Gasteiger partial charge in [0.05, 0.1) is 11.9 Å². The Bertz CT molecular complexity index is 787. The molecule has 0 fully saturated rings. The van der Waals surface area contributed by atoms with E-state index in [9.17, 15) is 0 Å². The van der Waals surface area contributed by atoms with Crippen LogP contribution in [0.5, 0.6) is 0 Å². The summed E-state index contributed by atoms with van der Waals surface area (Å²) >= 11 is 0. The highest BCUT2D eigenvalue weighted by Gasteiger charge is 2.13. The lowest BCUT2D eigenvalue weighted by atomic mass is 10.0. The van der Waals surface area contributed by atoms with Crippen molar-refractivity contribution in [2.45, 2.75) is 58.5 Å². The minimum Gasteiger partial charge on any atom is -0.272 e. The second kappa shape index (κ2) is 7.64. The molecule has 2 unspecified atom stereocenters. The molecule has 3 aromatic heterocycles. The molecule has 5 nitrogen and oxygen atoms in total. The number of nitrogens with zero attached hydrogens (tertiary/aromatic N) is 5. The van der Waals surface area contributed by atoms with Gasteiger partial charge in [0.25, 0.3) is 0 Å². The highest BCUT2D eigenvalue weighted by atomic mass is 15.3. The van der Waals surface area contributed by atoms with E-state index in [4.69, 9.17) is 0 Å². The molecule has 0 aliphatic heterocycles. The fraction of sp³-hybridized carbons (Fsp3) is 0.450. The molecule has 3 rings (SSSR count). The molecule has 0 aliphatic carbocycles.